The second-order valence-corrected chi connectivity index (χ2v) is 7.84. The highest BCUT2D eigenvalue weighted by molar-refractivity contribution is 9.10. The summed E-state index contributed by atoms with van der Waals surface area (Å²) in [5.74, 6) is -1.49. The van der Waals surface area contributed by atoms with E-state index >= 15 is 0 Å². The Morgan fingerprint density at radius 3 is 2.86 bits per heavy atom. The Kier molecular flexibility index (Phi) is 5.24. The van der Waals surface area contributed by atoms with Crippen molar-refractivity contribution in [3.63, 3.8) is 0 Å². The third-order valence-electron chi connectivity index (χ3n) is 5.00. The predicted octanol–water partition coefficient (Wildman–Crippen LogP) is 4.97. The van der Waals surface area contributed by atoms with Crippen LogP contribution < -0.4 is 0 Å². The van der Waals surface area contributed by atoms with Crippen LogP contribution in [0.1, 0.15) is 41.9 Å². The van der Waals surface area contributed by atoms with Gasteiger partial charge in [-0.15, -0.1) is 0 Å². The summed E-state index contributed by atoms with van der Waals surface area (Å²) in [5.41, 5.74) is 1.25. The number of aliphatic hydroxyl groups excluding tert-OH is 1. The van der Waals surface area contributed by atoms with Gasteiger partial charge in [-0.3, -0.25) is 14.6 Å². The molecule has 3 aromatic rings. The van der Waals surface area contributed by atoms with E-state index in [2.05, 4.69) is 20.9 Å². The van der Waals surface area contributed by atoms with Crippen molar-refractivity contribution >= 4 is 38.6 Å². The van der Waals surface area contributed by atoms with E-state index < -0.39 is 23.5 Å². The molecule has 1 N–H and O–H groups in total. The summed E-state index contributed by atoms with van der Waals surface area (Å²) in [6, 6.07) is 9.89. The van der Waals surface area contributed by atoms with Crippen molar-refractivity contribution in [3.05, 3.63) is 75.9 Å². The summed E-state index contributed by atoms with van der Waals surface area (Å²) in [6.45, 7) is 2.45. The standard InChI is InChI=1S/C22H19BrN2O4/c1-2-3-9-25-19(13-5-4-8-24-12-13)18(21(27)22(25)28)20(26)17-11-14-10-15(23)6-7-16(14)29-17/h4-8,10-12,19,27H,2-3,9H2,1H3. The number of fused-ring (bicyclic) bond motifs is 1. The molecule has 1 unspecified atom stereocenters. The third kappa shape index (κ3) is 3.46. The molecule has 6 nitrogen and oxygen atoms in total. The summed E-state index contributed by atoms with van der Waals surface area (Å²) in [4.78, 5) is 31.8. The van der Waals surface area contributed by atoms with E-state index in [0.29, 0.717) is 17.7 Å². The van der Waals surface area contributed by atoms with Gasteiger partial charge in [-0.2, -0.15) is 0 Å². The van der Waals surface area contributed by atoms with Crippen LogP contribution in [0, 0.1) is 0 Å². The van der Waals surface area contributed by atoms with Crippen LogP contribution in [0.4, 0.5) is 0 Å². The highest BCUT2D eigenvalue weighted by Gasteiger charge is 2.44. The number of halogens is 1. The van der Waals surface area contributed by atoms with Crippen LogP contribution in [-0.2, 0) is 4.79 Å². The molecule has 0 bridgehead atoms. The third-order valence-corrected chi connectivity index (χ3v) is 5.50. The molecule has 0 aliphatic carbocycles. The molecule has 29 heavy (non-hydrogen) atoms. The van der Waals surface area contributed by atoms with E-state index in [1.165, 1.54) is 4.90 Å². The second kappa shape index (κ2) is 7.83. The largest absolute Gasteiger partial charge is 0.503 e. The van der Waals surface area contributed by atoms with Crippen molar-refractivity contribution in [3.8, 4) is 0 Å². The molecule has 1 atom stereocenters. The lowest BCUT2D eigenvalue weighted by Gasteiger charge is -2.26. The average Bonchev–Trinajstić information content (AvgIpc) is 3.25. The molecule has 3 heterocycles. The minimum absolute atomic E-state index is 0.0252. The minimum atomic E-state index is -0.699. The molecular weight excluding hydrogens is 436 g/mol. The van der Waals surface area contributed by atoms with Crippen LogP contribution in [0.3, 0.4) is 0 Å². The van der Waals surface area contributed by atoms with Crippen LogP contribution in [0.25, 0.3) is 11.0 Å². The van der Waals surface area contributed by atoms with E-state index in [1.807, 2.05) is 19.1 Å². The fraction of sp³-hybridized carbons (Fsp3) is 0.227. The van der Waals surface area contributed by atoms with Crippen LogP contribution >= 0.6 is 15.9 Å². The molecule has 4 rings (SSSR count). The predicted molar refractivity (Wildman–Crippen MR) is 111 cm³/mol. The monoisotopic (exact) mass is 454 g/mol. The van der Waals surface area contributed by atoms with Gasteiger partial charge in [-0.1, -0.05) is 35.3 Å². The zero-order valence-corrected chi connectivity index (χ0v) is 17.3. The number of rotatable bonds is 6. The molecule has 1 aliphatic rings. The first-order chi connectivity index (χ1) is 14.0. The van der Waals surface area contributed by atoms with Crippen molar-refractivity contribution in [1.29, 1.82) is 0 Å². The Bertz CT molecular complexity index is 1120. The number of ketones is 1. The number of carbonyl (C=O) groups excluding carboxylic acids is 2. The molecule has 2 aromatic heterocycles. The first-order valence-corrected chi connectivity index (χ1v) is 10.2. The maximum Gasteiger partial charge on any atom is 0.290 e. The van der Waals surface area contributed by atoms with Gasteiger partial charge in [0.2, 0.25) is 5.78 Å². The molecule has 0 radical (unpaired) electrons. The number of unbranched alkanes of at least 4 members (excludes halogenated alkanes) is 1. The highest BCUT2D eigenvalue weighted by Crippen LogP contribution is 2.39. The quantitative estimate of drug-likeness (QED) is 0.531. The van der Waals surface area contributed by atoms with Crippen LogP contribution in [0.2, 0.25) is 0 Å². The van der Waals surface area contributed by atoms with Crippen molar-refractivity contribution in [1.82, 2.24) is 9.88 Å². The number of furan rings is 1. The first kappa shape index (κ1) is 19.4. The Morgan fingerprint density at radius 1 is 1.31 bits per heavy atom. The van der Waals surface area contributed by atoms with E-state index in [4.69, 9.17) is 4.42 Å². The van der Waals surface area contributed by atoms with Gasteiger partial charge in [0.1, 0.15) is 5.58 Å². The fourth-order valence-corrected chi connectivity index (χ4v) is 3.97. The Labute approximate surface area is 176 Å². The number of nitrogens with zero attached hydrogens (tertiary/aromatic N) is 2. The van der Waals surface area contributed by atoms with Gasteiger partial charge in [0.15, 0.2) is 11.5 Å². The van der Waals surface area contributed by atoms with Crippen LogP contribution in [0.5, 0.6) is 0 Å². The lowest BCUT2D eigenvalue weighted by molar-refractivity contribution is -0.129. The number of aromatic nitrogens is 1. The van der Waals surface area contributed by atoms with E-state index in [1.54, 1.807) is 36.7 Å². The Hall–Kier alpha value is -2.93. The lowest BCUT2D eigenvalue weighted by Crippen LogP contribution is -2.32. The number of hydrogen-bond acceptors (Lipinski definition) is 5. The van der Waals surface area contributed by atoms with Crippen molar-refractivity contribution in [2.75, 3.05) is 6.54 Å². The zero-order chi connectivity index (χ0) is 20.5. The molecule has 1 amide bonds. The Morgan fingerprint density at radius 2 is 2.14 bits per heavy atom. The fourth-order valence-electron chi connectivity index (χ4n) is 3.59. The number of Topliss-reactive ketones (excluding diaryl/α,β-unsaturated/α-hetero) is 1. The average molecular weight is 455 g/mol. The summed E-state index contributed by atoms with van der Waals surface area (Å²) < 4.78 is 6.58. The molecule has 1 aromatic carbocycles. The molecule has 1 aliphatic heterocycles. The maximum atomic E-state index is 13.3. The van der Waals surface area contributed by atoms with Crippen molar-refractivity contribution in [2.45, 2.75) is 25.8 Å². The summed E-state index contributed by atoms with van der Waals surface area (Å²) in [6.07, 6.45) is 4.87. The minimum Gasteiger partial charge on any atom is -0.503 e. The summed E-state index contributed by atoms with van der Waals surface area (Å²) in [7, 11) is 0. The van der Waals surface area contributed by atoms with Gasteiger partial charge in [-0.25, -0.2) is 0 Å². The van der Waals surface area contributed by atoms with Gasteiger partial charge in [0.05, 0.1) is 11.6 Å². The number of pyridine rings is 1. The van der Waals surface area contributed by atoms with Gasteiger partial charge >= 0.3 is 0 Å². The van der Waals surface area contributed by atoms with Crippen LogP contribution in [0.15, 0.2) is 69.0 Å². The van der Waals surface area contributed by atoms with E-state index in [9.17, 15) is 14.7 Å². The van der Waals surface area contributed by atoms with E-state index in [-0.39, 0.29) is 11.3 Å². The molecule has 0 fully saturated rings. The number of hydrogen-bond donors (Lipinski definition) is 1. The van der Waals surface area contributed by atoms with Gasteiger partial charge < -0.3 is 14.4 Å². The van der Waals surface area contributed by atoms with Gasteiger partial charge in [-0.05, 0) is 42.3 Å². The number of benzene rings is 1. The summed E-state index contributed by atoms with van der Waals surface area (Å²) >= 11 is 3.40. The van der Waals surface area contributed by atoms with Crippen molar-refractivity contribution < 1.29 is 19.1 Å². The Balaban J connectivity index is 1.79. The summed E-state index contributed by atoms with van der Waals surface area (Å²) in [5, 5.41) is 11.4. The normalized spacial score (nSPS) is 16.8. The topological polar surface area (TPSA) is 83.6 Å². The molecule has 0 saturated carbocycles. The van der Waals surface area contributed by atoms with Gasteiger partial charge in [0, 0.05) is 28.8 Å². The first-order valence-electron chi connectivity index (χ1n) is 9.39. The van der Waals surface area contributed by atoms with Gasteiger partial charge in [0.25, 0.3) is 5.91 Å². The molecule has 0 saturated heterocycles. The van der Waals surface area contributed by atoms with E-state index in [0.717, 1.165) is 22.7 Å². The number of aliphatic hydroxyl groups is 1. The zero-order valence-electron chi connectivity index (χ0n) is 15.8. The molecular formula is C22H19BrN2O4. The number of amides is 1. The van der Waals surface area contributed by atoms with Crippen LogP contribution in [-0.4, -0.2) is 33.2 Å². The highest BCUT2D eigenvalue weighted by atomic mass is 79.9. The lowest BCUT2D eigenvalue weighted by atomic mass is 9.96. The molecule has 7 heteroatoms. The molecule has 148 valence electrons. The SMILES string of the molecule is CCCCN1C(=O)C(O)=C(C(=O)c2cc3cc(Br)ccc3o2)C1c1cccnc1. The van der Waals surface area contributed by atoms with Crippen molar-refractivity contribution in [2.24, 2.45) is 0 Å². The maximum absolute atomic E-state index is 13.3. The smallest absolute Gasteiger partial charge is 0.290 e. The second-order valence-electron chi connectivity index (χ2n) is 6.93. The molecule has 0 spiro atoms. The number of carbonyl (C=O) groups is 2.